The number of aliphatic hydroxyl groups is 1. The van der Waals surface area contributed by atoms with Gasteiger partial charge in [0.15, 0.2) is 0 Å². The van der Waals surface area contributed by atoms with Crippen molar-refractivity contribution in [3.8, 4) is 11.4 Å². The molecule has 2 aromatic heterocycles. The number of imidazole rings is 1. The highest BCUT2D eigenvalue weighted by molar-refractivity contribution is 5.94. The lowest BCUT2D eigenvalue weighted by atomic mass is 10.1. The number of nitrogens with zero attached hydrogens (tertiary/aromatic N) is 3. The number of aromatic amines is 1. The molecule has 0 unspecified atom stereocenters. The number of aromatic nitrogens is 3. The van der Waals surface area contributed by atoms with E-state index in [1.807, 2.05) is 56.3 Å². The summed E-state index contributed by atoms with van der Waals surface area (Å²) in [4.78, 5) is 26.8. The van der Waals surface area contributed by atoms with Gasteiger partial charge in [-0.15, -0.1) is 0 Å². The molecule has 0 spiro atoms. The Morgan fingerprint density at radius 2 is 2.00 bits per heavy atom. The fourth-order valence-electron chi connectivity index (χ4n) is 3.04. The summed E-state index contributed by atoms with van der Waals surface area (Å²) < 4.78 is 0. The van der Waals surface area contributed by atoms with Gasteiger partial charge in [-0.2, -0.15) is 0 Å². The smallest absolute Gasteiger partial charge is 0.274 e. The highest BCUT2D eigenvalue weighted by Gasteiger charge is 2.27. The monoisotopic (exact) mass is 364 g/mol. The van der Waals surface area contributed by atoms with E-state index in [1.54, 1.807) is 17.3 Å². The number of hydrogen-bond donors (Lipinski definition) is 2. The highest BCUT2D eigenvalue weighted by atomic mass is 16.3. The lowest BCUT2D eigenvalue weighted by Crippen LogP contribution is -2.42. The Kier molecular flexibility index (Phi) is 5.98. The van der Waals surface area contributed by atoms with E-state index in [0.29, 0.717) is 30.2 Å². The van der Waals surface area contributed by atoms with Gasteiger partial charge in [-0.1, -0.05) is 43.3 Å². The van der Waals surface area contributed by atoms with Crippen LogP contribution in [-0.4, -0.2) is 43.5 Å². The molecule has 6 heteroatoms. The van der Waals surface area contributed by atoms with E-state index < -0.39 is 0 Å². The Bertz CT molecular complexity index is 874. The first-order chi connectivity index (χ1) is 13.1. The summed E-state index contributed by atoms with van der Waals surface area (Å²) in [7, 11) is 0. The minimum atomic E-state index is -0.283. The average Bonchev–Trinajstić information content (AvgIpc) is 3.11. The molecule has 1 amide bonds. The molecule has 3 aromatic rings. The molecule has 0 aliphatic carbocycles. The highest BCUT2D eigenvalue weighted by Crippen LogP contribution is 2.21. The Hall–Kier alpha value is -2.99. The van der Waals surface area contributed by atoms with Gasteiger partial charge in [0.2, 0.25) is 0 Å². The number of aliphatic hydroxyl groups excluding tert-OH is 1. The van der Waals surface area contributed by atoms with E-state index >= 15 is 0 Å². The van der Waals surface area contributed by atoms with Crippen molar-refractivity contribution >= 4 is 5.91 Å². The van der Waals surface area contributed by atoms with Crippen molar-refractivity contribution in [3.05, 3.63) is 71.8 Å². The minimum absolute atomic E-state index is 0.0997. The maximum atomic E-state index is 13.3. The van der Waals surface area contributed by atoms with Crippen LogP contribution in [-0.2, 0) is 6.54 Å². The van der Waals surface area contributed by atoms with E-state index in [9.17, 15) is 9.90 Å². The molecular weight excluding hydrogens is 340 g/mol. The van der Waals surface area contributed by atoms with Crippen molar-refractivity contribution in [2.75, 3.05) is 6.61 Å². The van der Waals surface area contributed by atoms with Crippen LogP contribution in [0.5, 0.6) is 0 Å². The predicted molar refractivity (Wildman–Crippen MR) is 104 cm³/mol. The zero-order valence-electron chi connectivity index (χ0n) is 15.6. The third kappa shape index (κ3) is 4.23. The molecule has 2 heterocycles. The summed E-state index contributed by atoms with van der Waals surface area (Å²) in [6.45, 7) is 4.07. The number of H-pyrrole nitrogens is 1. The molecule has 0 aliphatic rings. The minimum Gasteiger partial charge on any atom is -0.394 e. The number of rotatable bonds is 7. The zero-order valence-corrected chi connectivity index (χ0v) is 15.6. The molecule has 2 N–H and O–H groups in total. The number of benzene rings is 1. The number of aryl methyl sites for hydroxylation is 1. The molecule has 1 atom stereocenters. The first kappa shape index (κ1) is 18.8. The van der Waals surface area contributed by atoms with Crippen molar-refractivity contribution < 1.29 is 9.90 Å². The Labute approximate surface area is 158 Å². The quantitative estimate of drug-likeness (QED) is 0.674. The second kappa shape index (κ2) is 8.60. The van der Waals surface area contributed by atoms with Gasteiger partial charge in [0.25, 0.3) is 5.91 Å². The summed E-state index contributed by atoms with van der Waals surface area (Å²) in [6, 6.07) is 13.2. The molecule has 0 saturated carbocycles. The lowest BCUT2D eigenvalue weighted by molar-refractivity contribution is 0.0557. The van der Waals surface area contributed by atoms with Gasteiger partial charge in [0.1, 0.15) is 11.5 Å². The van der Waals surface area contributed by atoms with Crippen molar-refractivity contribution in [3.63, 3.8) is 0 Å². The van der Waals surface area contributed by atoms with E-state index in [4.69, 9.17) is 0 Å². The molecule has 1 aromatic carbocycles. The molecule has 140 valence electrons. The fourth-order valence-corrected chi connectivity index (χ4v) is 3.04. The zero-order chi connectivity index (χ0) is 19.2. The second-order valence-corrected chi connectivity index (χ2v) is 6.46. The lowest BCUT2D eigenvalue weighted by Gasteiger charge is -2.29. The molecule has 0 radical (unpaired) electrons. The molecule has 0 saturated heterocycles. The topological polar surface area (TPSA) is 82.1 Å². The molecule has 0 aliphatic heterocycles. The standard InChI is InChI=1S/C21H24N4O2/c1-3-18(14-26)25(13-16-8-7-11-22-12-16)21(27)19-15(2)23-20(24-19)17-9-5-4-6-10-17/h4-12,18,26H,3,13-14H2,1-2H3,(H,23,24)/t18-/m1/s1. The van der Waals surface area contributed by atoms with Gasteiger partial charge < -0.3 is 15.0 Å². The van der Waals surface area contributed by atoms with E-state index in [-0.39, 0.29) is 18.6 Å². The van der Waals surface area contributed by atoms with E-state index in [2.05, 4.69) is 15.0 Å². The second-order valence-electron chi connectivity index (χ2n) is 6.46. The van der Waals surface area contributed by atoms with Crippen LogP contribution in [0, 0.1) is 6.92 Å². The predicted octanol–water partition coefficient (Wildman–Crippen LogP) is 3.19. The SMILES string of the molecule is CC[C@H](CO)N(Cc1cccnc1)C(=O)c1nc(-c2ccccc2)[nH]c1C. The molecule has 0 bridgehead atoms. The maximum absolute atomic E-state index is 13.3. The van der Waals surface area contributed by atoms with Crippen LogP contribution < -0.4 is 0 Å². The van der Waals surface area contributed by atoms with E-state index in [1.165, 1.54) is 0 Å². The normalized spacial score (nSPS) is 12.0. The average molecular weight is 364 g/mol. The van der Waals surface area contributed by atoms with Crippen molar-refractivity contribution in [1.29, 1.82) is 0 Å². The van der Waals surface area contributed by atoms with Gasteiger partial charge in [0.05, 0.1) is 12.6 Å². The Morgan fingerprint density at radius 3 is 2.63 bits per heavy atom. The summed E-state index contributed by atoms with van der Waals surface area (Å²) in [6.07, 6.45) is 4.08. The van der Waals surface area contributed by atoms with Gasteiger partial charge in [0, 0.05) is 30.2 Å². The third-order valence-electron chi connectivity index (χ3n) is 4.59. The Morgan fingerprint density at radius 1 is 1.22 bits per heavy atom. The maximum Gasteiger partial charge on any atom is 0.274 e. The summed E-state index contributed by atoms with van der Waals surface area (Å²) in [5, 5.41) is 9.79. The number of nitrogens with one attached hydrogen (secondary N) is 1. The first-order valence-electron chi connectivity index (χ1n) is 9.06. The van der Waals surface area contributed by atoms with Crippen LogP contribution >= 0.6 is 0 Å². The van der Waals surface area contributed by atoms with Gasteiger partial charge in [-0.25, -0.2) is 4.98 Å². The third-order valence-corrected chi connectivity index (χ3v) is 4.59. The van der Waals surface area contributed by atoms with Crippen LogP contribution in [0.3, 0.4) is 0 Å². The Balaban J connectivity index is 1.93. The molecule has 0 fully saturated rings. The van der Waals surface area contributed by atoms with Gasteiger partial charge in [-0.05, 0) is 25.0 Å². The van der Waals surface area contributed by atoms with Crippen LogP contribution in [0.25, 0.3) is 11.4 Å². The van der Waals surface area contributed by atoms with Crippen molar-refractivity contribution in [2.45, 2.75) is 32.9 Å². The number of amides is 1. The fraction of sp³-hybridized carbons (Fsp3) is 0.286. The van der Waals surface area contributed by atoms with E-state index in [0.717, 1.165) is 11.1 Å². The molecule has 3 rings (SSSR count). The van der Waals surface area contributed by atoms with Gasteiger partial charge in [-0.3, -0.25) is 9.78 Å². The molecular formula is C21H24N4O2. The molecule has 6 nitrogen and oxygen atoms in total. The summed E-state index contributed by atoms with van der Waals surface area (Å²) >= 11 is 0. The number of pyridine rings is 1. The van der Waals surface area contributed by atoms with Gasteiger partial charge >= 0.3 is 0 Å². The van der Waals surface area contributed by atoms with Crippen LogP contribution in [0.1, 0.15) is 35.1 Å². The number of carbonyl (C=O) groups excluding carboxylic acids is 1. The van der Waals surface area contributed by atoms with Crippen molar-refractivity contribution in [2.24, 2.45) is 0 Å². The van der Waals surface area contributed by atoms with Crippen LogP contribution in [0.2, 0.25) is 0 Å². The summed E-state index contributed by atoms with van der Waals surface area (Å²) in [5.74, 6) is 0.463. The first-order valence-corrected chi connectivity index (χ1v) is 9.06. The summed E-state index contributed by atoms with van der Waals surface area (Å²) in [5.41, 5.74) is 2.93. The number of carbonyl (C=O) groups is 1. The molecule has 27 heavy (non-hydrogen) atoms. The largest absolute Gasteiger partial charge is 0.394 e. The number of hydrogen-bond acceptors (Lipinski definition) is 4. The van der Waals surface area contributed by atoms with Crippen LogP contribution in [0.15, 0.2) is 54.9 Å². The van der Waals surface area contributed by atoms with Crippen molar-refractivity contribution in [1.82, 2.24) is 19.9 Å². The van der Waals surface area contributed by atoms with Crippen LogP contribution in [0.4, 0.5) is 0 Å².